The largest absolute Gasteiger partial charge is 0.436 e. The van der Waals surface area contributed by atoms with Crippen LogP contribution in [0.3, 0.4) is 0 Å². The second-order valence-electron chi connectivity index (χ2n) is 6.86. The van der Waals surface area contributed by atoms with Crippen molar-refractivity contribution in [3.63, 3.8) is 0 Å². The summed E-state index contributed by atoms with van der Waals surface area (Å²) in [6.07, 6.45) is 1.02. The quantitative estimate of drug-likeness (QED) is 0.503. The third kappa shape index (κ3) is 3.55. The van der Waals surface area contributed by atoms with Gasteiger partial charge in [-0.05, 0) is 48.9 Å². The molecule has 0 saturated carbocycles. The van der Waals surface area contributed by atoms with Gasteiger partial charge in [0.1, 0.15) is 0 Å². The molecule has 1 aliphatic heterocycles. The maximum absolute atomic E-state index is 6.77. The molecule has 1 aliphatic rings. The first-order valence-electron chi connectivity index (χ1n) is 7.60. The van der Waals surface area contributed by atoms with Gasteiger partial charge in [0, 0.05) is 5.88 Å². The number of rotatable bonds is 5. The van der Waals surface area contributed by atoms with Crippen molar-refractivity contribution in [1.82, 2.24) is 0 Å². The monoisotopic (exact) mass is 338 g/mol. The Balaban J connectivity index is 3.08. The van der Waals surface area contributed by atoms with E-state index in [4.69, 9.17) is 19.8 Å². The van der Waals surface area contributed by atoms with Crippen LogP contribution >= 0.6 is 11.6 Å². The summed E-state index contributed by atoms with van der Waals surface area (Å²) in [6, 6.07) is 2.26. The molecule has 0 spiro atoms. The van der Waals surface area contributed by atoms with E-state index in [9.17, 15) is 0 Å². The Morgan fingerprint density at radius 1 is 1.16 bits per heavy atom. The van der Waals surface area contributed by atoms with Crippen LogP contribution in [-0.4, -0.2) is 31.1 Å². The van der Waals surface area contributed by atoms with Crippen molar-refractivity contribution in [3.8, 4) is 0 Å². The fourth-order valence-corrected chi connectivity index (χ4v) is 25.5. The number of alkyl halides is 1. The maximum Gasteiger partial charge on any atom is 0.314 e. The zero-order chi connectivity index (χ0) is 14.9. The van der Waals surface area contributed by atoms with Gasteiger partial charge in [-0.1, -0.05) is 27.7 Å². The molecule has 6 heteroatoms. The Bertz CT molecular complexity index is 318. The lowest BCUT2D eigenvalue weighted by Gasteiger charge is -2.56. The van der Waals surface area contributed by atoms with Crippen LogP contribution in [0.1, 0.15) is 34.1 Å². The second-order valence-corrected chi connectivity index (χ2v) is 20.8. The van der Waals surface area contributed by atoms with Crippen LogP contribution in [0, 0.1) is 0 Å². The molecular weight excluding hydrogens is 308 g/mol. The van der Waals surface area contributed by atoms with E-state index in [-0.39, 0.29) is 0 Å². The van der Waals surface area contributed by atoms with Crippen LogP contribution in [0.15, 0.2) is 0 Å². The summed E-state index contributed by atoms with van der Waals surface area (Å²) in [4.78, 5) is 0. The molecule has 0 amide bonds. The van der Waals surface area contributed by atoms with Gasteiger partial charge in [0.15, 0.2) is 16.6 Å². The molecule has 4 unspecified atom stereocenters. The minimum absolute atomic E-state index is 0.660. The molecular formula is C13H31ClO2Si3. The predicted molar refractivity (Wildman–Crippen MR) is 92.2 cm³/mol. The molecule has 0 bridgehead atoms. The molecule has 0 aromatic heterocycles. The van der Waals surface area contributed by atoms with E-state index in [2.05, 4.69) is 47.3 Å². The molecule has 0 radical (unpaired) electrons. The number of hydrogen-bond donors (Lipinski definition) is 0. The van der Waals surface area contributed by atoms with Gasteiger partial charge in [0.25, 0.3) is 0 Å². The fraction of sp³-hybridized carbons (Fsp3) is 1.00. The zero-order valence-electron chi connectivity index (χ0n) is 13.7. The van der Waals surface area contributed by atoms with Gasteiger partial charge in [0.05, 0.1) is 0 Å². The fourth-order valence-electron chi connectivity index (χ4n) is 3.25. The van der Waals surface area contributed by atoms with E-state index in [0.717, 1.165) is 18.3 Å². The molecule has 0 aliphatic carbocycles. The molecule has 1 fully saturated rings. The third-order valence-corrected chi connectivity index (χ3v) is 24.7. The molecule has 4 atom stereocenters. The van der Waals surface area contributed by atoms with Gasteiger partial charge in [-0.15, -0.1) is 11.6 Å². The van der Waals surface area contributed by atoms with Crippen LogP contribution in [0.25, 0.3) is 0 Å². The molecule has 0 aromatic carbocycles. The van der Waals surface area contributed by atoms with Crippen molar-refractivity contribution in [3.05, 3.63) is 0 Å². The predicted octanol–water partition coefficient (Wildman–Crippen LogP) is 5.24. The highest BCUT2D eigenvalue weighted by molar-refractivity contribution is 7.02. The summed E-state index contributed by atoms with van der Waals surface area (Å²) in [5, 5.41) is 0.668. The highest BCUT2D eigenvalue weighted by Gasteiger charge is 2.59. The normalized spacial score (nSPS) is 43.7. The molecule has 0 aromatic rings. The lowest BCUT2D eigenvalue weighted by atomic mass is 10.6. The molecule has 19 heavy (non-hydrogen) atoms. The first-order chi connectivity index (χ1) is 8.63. The topological polar surface area (TPSA) is 18.5 Å². The molecule has 1 rings (SSSR count). The molecule has 0 N–H and O–H groups in total. The molecule has 1 saturated heterocycles. The van der Waals surface area contributed by atoms with E-state index >= 15 is 0 Å². The summed E-state index contributed by atoms with van der Waals surface area (Å²) in [7, 11) is -5.36. The van der Waals surface area contributed by atoms with Crippen LogP contribution < -0.4 is 0 Å². The summed E-state index contributed by atoms with van der Waals surface area (Å²) >= 11 is 5.88. The van der Waals surface area contributed by atoms with Gasteiger partial charge < -0.3 is 8.23 Å². The number of halogens is 1. The van der Waals surface area contributed by atoms with Gasteiger partial charge in [0.2, 0.25) is 0 Å². The summed E-state index contributed by atoms with van der Waals surface area (Å²) in [5.41, 5.74) is 0.660. The van der Waals surface area contributed by atoms with Crippen molar-refractivity contribution < 1.29 is 8.23 Å². The van der Waals surface area contributed by atoms with Gasteiger partial charge in [-0.3, -0.25) is 0 Å². The summed E-state index contributed by atoms with van der Waals surface area (Å²) < 4.78 is 13.5. The Morgan fingerprint density at radius 2 is 1.74 bits per heavy atom. The zero-order valence-corrected chi connectivity index (χ0v) is 17.4. The van der Waals surface area contributed by atoms with Gasteiger partial charge >= 0.3 is 8.56 Å². The van der Waals surface area contributed by atoms with Crippen LogP contribution in [0.4, 0.5) is 0 Å². The lowest BCUT2D eigenvalue weighted by Crippen LogP contribution is -2.68. The minimum Gasteiger partial charge on any atom is -0.436 e. The minimum atomic E-state index is -2.01. The highest BCUT2D eigenvalue weighted by atomic mass is 35.5. The maximum atomic E-state index is 6.77. The van der Waals surface area contributed by atoms with Crippen molar-refractivity contribution in [2.24, 2.45) is 0 Å². The van der Waals surface area contributed by atoms with E-state index in [1.165, 1.54) is 6.04 Å². The second kappa shape index (κ2) is 6.32. The van der Waals surface area contributed by atoms with E-state index in [0.29, 0.717) is 10.7 Å². The van der Waals surface area contributed by atoms with Gasteiger partial charge in [-0.25, -0.2) is 0 Å². The molecule has 1 heterocycles. The molecule has 114 valence electrons. The summed E-state index contributed by atoms with van der Waals surface area (Å²) in [6.45, 7) is 16.5. The highest BCUT2D eigenvalue weighted by Crippen LogP contribution is 2.49. The van der Waals surface area contributed by atoms with Crippen molar-refractivity contribution in [2.75, 3.05) is 5.88 Å². The van der Waals surface area contributed by atoms with Crippen molar-refractivity contribution >= 4 is 36.8 Å². The standard InChI is InChI=1S/C13H31ClO2Si3/c1-8-17(5)13(4)19(7,12(2)3)16-18(6,15-17)11-9-10-14/h12-13H,8-11H2,1-7H3. The van der Waals surface area contributed by atoms with E-state index < -0.39 is 25.2 Å². The first-order valence-corrected chi connectivity index (χ1v) is 15.9. The summed E-state index contributed by atoms with van der Waals surface area (Å²) in [5.74, 6) is 0.717. The Kier molecular flexibility index (Phi) is 5.96. The molecule has 2 nitrogen and oxygen atoms in total. The van der Waals surface area contributed by atoms with Crippen molar-refractivity contribution in [1.29, 1.82) is 0 Å². The van der Waals surface area contributed by atoms with E-state index in [1.807, 2.05) is 0 Å². The Hall–Kier alpha value is 0.861. The smallest absolute Gasteiger partial charge is 0.314 e. The van der Waals surface area contributed by atoms with Gasteiger partial charge in [-0.2, -0.15) is 0 Å². The average molecular weight is 339 g/mol. The van der Waals surface area contributed by atoms with Crippen LogP contribution in [0.5, 0.6) is 0 Å². The Morgan fingerprint density at radius 3 is 2.16 bits per heavy atom. The SMILES string of the molecule is CC[Si]1(C)O[Si](C)(CCCCl)O[Si](C)(C(C)C)C1C. The average Bonchev–Trinajstić information content (AvgIpc) is 2.33. The van der Waals surface area contributed by atoms with E-state index in [1.54, 1.807) is 0 Å². The van der Waals surface area contributed by atoms with Crippen LogP contribution in [-0.2, 0) is 8.23 Å². The van der Waals surface area contributed by atoms with Crippen molar-refractivity contribution in [2.45, 2.75) is 76.6 Å². The first kappa shape index (κ1) is 17.9. The lowest BCUT2D eigenvalue weighted by molar-refractivity contribution is 0.335. The third-order valence-electron chi connectivity index (χ3n) is 5.27. The number of hydrogen-bond acceptors (Lipinski definition) is 2. The van der Waals surface area contributed by atoms with Crippen LogP contribution in [0.2, 0.25) is 42.4 Å². The Labute approximate surface area is 127 Å².